The van der Waals surface area contributed by atoms with Gasteiger partial charge in [-0.1, -0.05) is 41.9 Å². The van der Waals surface area contributed by atoms with Gasteiger partial charge in [0.25, 0.3) is 5.92 Å². The Morgan fingerprint density at radius 2 is 1.90 bits per heavy atom. The summed E-state index contributed by atoms with van der Waals surface area (Å²) in [5.74, 6) is -5.58. The summed E-state index contributed by atoms with van der Waals surface area (Å²) in [5.41, 5.74) is -1.86. The molecule has 2 atom stereocenters. The molecule has 0 spiro atoms. The highest BCUT2D eigenvalue weighted by atomic mass is 35.5. The second kappa shape index (κ2) is 11.4. The summed E-state index contributed by atoms with van der Waals surface area (Å²) in [5, 5.41) is 12.1. The standard InChI is InChI=1S/C27H20ClF7N4O2/c28-18-6-7-22(37-14-18)26(11-16-4-2-1-3-5-16,38-24(40)39-15-25(32,33)12-20(39)13-36)17-8-19(29)10-21(9-17)41-27(34,35)23(30)31/h1-10,14,20,23H,11-12,15H2,(H,38,40)/t20?,26-/m0/s1. The minimum atomic E-state index is -4.99. The van der Waals surface area contributed by atoms with Crippen molar-refractivity contribution in [2.45, 2.75) is 42.9 Å². The summed E-state index contributed by atoms with van der Waals surface area (Å²) >= 11 is 5.99. The number of nitriles is 1. The van der Waals surface area contributed by atoms with Gasteiger partial charge in [-0.3, -0.25) is 4.98 Å². The van der Waals surface area contributed by atoms with Gasteiger partial charge in [-0.05, 0) is 35.4 Å². The van der Waals surface area contributed by atoms with Crippen LogP contribution >= 0.6 is 11.6 Å². The third-order valence-corrected chi connectivity index (χ3v) is 6.57. The number of alkyl halides is 6. The maximum absolute atomic E-state index is 14.9. The van der Waals surface area contributed by atoms with Crippen molar-refractivity contribution >= 4 is 17.6 Å². The quantitative estimate of drug-likeness (QED) is 0.298. The fourth-order valence-electron chi connectivity index (χ4n) is 4.52. The fourth-order valence-corrected chi connectivity index (χ4v) is 4.63. The van der Waals surface area contributed by atoms with Gasteiger partial charge in [0.05, 0.1) is 23.3 Å². The van der Waals surface area contributed by atoms with Gasteiger partial charge in [0.2, 0.25) is 0 Å². The number of benzene rings is 2. The Bertz CT molecular complexity index is 1440. The first-order valence-corrected chi connectivity index (χ1v) is 12.3. The Labute approximate surface area is 234 Å². The summed E-state index contributed by atoms with van der Waals surface area (Å²) in [6, 6.07) is 11.9. The first-order valence-electron chi connectivity index (χ1n) is 11.9. The first kappa shape index (κ1) is 29.9. The Morgan fingerprint density at radius 1 is 1.20 bits per heavy atom. The minimum absolute atomic E-state index is 0.0456. The van der Waals surface area contributed by atoms with Crippen LogP contribution in [0.2, 0.25) is 5.02 Å². The number of nitrogens with zero attached hydrogens (tertiary/aromatic N) is 3. The topological polar surface area (TPSA) is 78.2 Å². The maximum Gasteiger partial charge on any atom is 0.461 e. The smallest absolute Gasteiger partial charge is 0.428 e. The van der Waals surface area contributed by atoms with Crippen LogP contribution in [-0.2, 0) is 12.0 Å². The molecule has 0 saturated carbocycles. The molecule has 0 bridgehead atoms. The van der Waals surface area contributed by atoms with Crippen LogP contribution < -0.4 is 10.1 Å². The van der Waals surface area contributed by atoms with Crippen LogP contribution in [0.25, 0.3) is 0 Å². The number of urea groups is 1. The highest BCUT2D eigenvalue weighted by molar-refractivity contribution is 6.30. The summed E-state index contributed by atoms with van der Waals surface area (Å²) < 4.78 is 101. The zero-order valence-electron chi connectivity index (χ0n) is 20.8. The number of pyridine rings is 1. The van der Waals surface area contributed by atoms with Gasteiger partial charge in [-0.25, -0.2) is 18.0 Å². The van der Waals surface area contributed by atoms with Crippen LogP contribution in [0.5, 0.6) is 5.75 Å². The molecule has 2 amide bonds. The number of carbonyl (C=O) groups excluding carboxylic acids is 1. The van der Waals surface area contributed by atoms with E-state index in [4.69, 9.17) is 11.6 Å². The van der Waals surface area contributed by atoms with Crippen molar-refractivity contribution in [1.82, 2.24) is 15.2 Å². The summed E-state index contributed by atoms with van der Waals surface area (Å²) in [4.78, 5) is 18.4. The second-order valence-electron chi connectivity index (χ2n) is 9.33. The van der Waals surface area contributed by atoms with Crippen LogP contribution in [0.1, 0.15) is 23.2 Å². The maximum atomic E-state index is 14.9. The monoisotopic (exact) mass is 600 g/mol. The lowest BCUT2D eigenvalue weighted by molar-refractivity contribution is -0.253. The van der Waals surface area contributed by atoms with Crippen LogP contribution in [0.4, 0.5) is 35.5 Å². The van der Waals surface area contributed by atoms with Crippen LogP contribution in [0.15, 0.2) is 66.9 Å². The molecule has 1 aliphatic heterocycles. The third-order valence-electron chi connectivity index (χ3n) is 6.35. The molecule has 4 rings (SSSR count). The summed E-state index contributed by atoms with van der Waals surface area (Å²) in [7, 11) is 0. The van der Waals surface area contributed by atoms with Gasteiger partial charge in [-0.15, -0.1) is 0 Å². The third kappa shape index (κ3) is 6.65. The summed E-state index contributed by atoms with van der Waals surface area (Å²) in [6.45, 7) is -1.11. The van der Waals surface area contributed by atoms with E-state index < -0.39 is 60.6 Å². The van der Waals surface area contributed by atoms with Gasteiger partial charge in [0.1, 0.15) is 23.1 Å². The molecule has 1 fully saturated rings. The van der Waals surface area contributed by atoms with Gasteiger partial charge >= 0.3 is 18.6 Å². The largest absolute Gasteiger partial charge is 0.461 e. The molecule has 6 nitrogen and oxygen atoms in total. The van der Waals surface area contributed by atoms with E-state index >= 15 is 0 Å². The molecule has 41 heavy (non-hydrogen) atoms. The zero-order valence-corrected chi connectivity index (χ0v) is 21.6. The van der Waals surface area contributed by atoms with Crippen molar-refractivity contribution < 1.29 is 40.3 Å². The highest BCUT2D eigenvalue weighted by Gasteiger charge is 2.50. The molecule has 1 aromatic heterocycles. The van der Waals surface area contributed by atoms with Crippen molar-refractivity contribution in [1.29, 1.82) is 5.26 Å². The number of aromatic nitrogens is 1. The SMILES string of the molecule is N#CC1CC(F)(F)CN1C(=O)N[C@@](Cc1ccccc1)(c1cc(F)cc(OC(F)(F)C(F)F)c1)c1ccc(Cl)cn1. The second-order valence-corrected chi connectivity index (χ2v) is 9.77. The number of nitrogens with one attached hydrogen (secondary N) is 1. The van der Waals surface area contributed by atoms with Crippen molar-refractivity contribution in [3.8, 4) is 11.8 Å². The Hall–Kier alpha value is -4.05. The minimum Gasteiger partial charge on any atom is -0.428 e. The molecular weight excluding hydrogens is 581 g/mol. The lowest BCUT2D eigenvalue weighted by atomic mass is 9.80. The van der Waals surface area contributed by atoms with E-state index in [1.54, 1.807) is 36.4 Å². The van der Waals surface area contributed by atoms with E-state index in [0.29, 0.717) is 16.5 Å². The van der Waals surface area contributed by atoms with Crippen LogP contribution in [0, 0.1) is 17.1 Å². The lowest BCUT2D eigenvalue weighted by Crippen LogP contribution is -2.54. The zero-order chi connectivity index (χ0) is 30.0. The van der Waals surface area contributed by atoms with Crippen LogP contribution in [-0.4, -0.2) is 47.0 Å². The van der Waals surface area contributed by atoms with E-state index in [1.165, 1.54) is 18.3 Å². The average molecular weight is 601 g/mol. The molecule has 1 N–H and O–H groups in total. The molecule has 2 heterocycles. The lowest BCUT2D eigenvalue weighted by Gasteiger charge is -2.37. The van der Waals surface area contributed by atoms with Crippen molar-refractivity contribution in [3.05, 3.63) is 94.5 Å². The predicted molar refractivity (Wildman–Crippen MR) is 132 cm³/mol. The number of hydrogen-bond donors (Lipinski definition) is 1. The Kier molecular flexibility index (Phi) is 8.35. The number of ether oxygens (including phenoxy) is 1. The molecule has 2 aromatic carbocycles. The van der Waals surface area contributed by atoms with Crippen LogP contribution in [0.3, 0.4) is 0 Å². The fraction of sp³-hybridized carbons (Fsp3) is 0.296. The molecule has 0 radical (unpaired) electrons. The molecule has 1 saturated heterocycles. The number of rotatable bonds is 8. The number of halogens is 8. The summed E-state index contributed by atoms with van der Waals surface area (Å²) in [6.07, 6.45) is -9.25. The van der Waals surface area contributed by atoms with Gasteiger partial charge in [-0.2, -0.15) is 22.8 Å². The normalized spacial score (nSPS) is 18.0. The number of likely N-dealkylation sites (tertiary alicyclic amines) is 1. The molecule has 1 aliphatic rings. The van der Waals surface area contributed by atoms with E-state index in [2.05, 4.69) is 15.0 Å². The Morgan fingerprint density at radius 3 is 2.51 bits per heavy atom. The van der Waals surface area contributed by atoms with E-state index in [-0.39, 0.29) is 22.7 Å². The molecule has 0 aliphatic carbocycles. The molecular formula is C27H20ClF7N4O2. The first-order chi connectivity index (χ1) is 19.2. The number of amides is 2. The number of hydrogen-bond acceptors (Lipinski definition) is 4. The van der Waals surface area contributed by atoms with E-state index in [0.717, 1.165) is 12.1 Å². The molecule has 1 unspecified atom stereocenters. The molecule has 216 valence electrons. The molecule has 3 aromatic rings. The Balaban J connectivity index is 1.92. The molecule has 14 heteroatoms. The van der Waals surface area contributed by atoms with Gasteiger partial charge in [0, 0.05) is 25.1 Å². The van der Waals surface area contributed by atoms with Crippen molar-refractivity contribution in [3.63, 3.8) is 0 Å². The van der Waals surface area contributed by atoms with Crippen molar-refractivity contribution in [2.24, 2.45) is 0 Å². The van der Waals surface area contributed by atoms with Crippen molar-refractivity contribution in [2.75, 3.05) is 6.54 Å². The van der Waals surface area contributed by atoms with E-state index in [1.807, 2.05) is 0 Å². The van der Waals surface area contributed by atoms with Gasteiger partial charge < -0.3 is 15.0 Å². The average Bonchev–Trinajstić information content (AvgIpc) is 3.23. The van der Waals surface area contributed by atoms with Gasteiger partial charge in [0.15, 0.2) is 0 Å². The highest BCUT2D eigenvalue weighted by Crippen LogP contribution is 2.39. The predicted octanol–water partition coefficient (Wildman–Crippen LogP) is 6.54. The van der Waals surface area contributed by atoms with E-state index in [9.17, 15) is 40.8 Å². The number of carbonyl (C=O) groups is 1.